The minimum Gasteiger partial charge on any atom is -0.368 e. The van der Waals surface area contributed by atoms with Crippen molar-refractivity contribution in [1.82, 2.24) is 9.97 Å². The predicted molar refractivity (Wildman–Crippen MR) is 65.2 cm³/mol. The van der Waals surface area contributed by atoms with Gasteiger partial charge in [0.15, 0.2) is 0 Å². The van der Waals surface area contributed by atoms with Crippen LogP contribution in [0.4, 0.5) is 24.9 Å². The smallest absolute Gasteiger partial charge is 0.368 e. The second-order valence-electron chi connectivity index (χ2n) is 3.85. The zero-order valence-electron chi connectivity index (χ0n) is 9.78. The van der Waals surface area contributed by atoms with Crippen molar-refractivity contribution < 1.29 is 13.2 Å². The minimum atomic E-state index is -4.31. The summed E-state index contributed by atoms with van der Waals surface area (Å²) in [5.74, 6) is 0.657. The van der Waals surface area contributed by atoms with E-state index < -0.39 is 11.7 Å². The maximum atomic E-state index is 12.4. The Labute approximate surface area is 107 Å². The molecule has 19 heavy (non-hydrogen) atoms. The summed E-state index contributed by atoms with van der Waals surface area (Å²) in [6.07, 6.45) is -2.81. The van der Waals surface area contributed by atoms with Crippen molar-refractivity contribution in [2.45, 2.75) is 12.7 Å². The van der Waals surface area contributed by atoms with Crippen LogP contribution in [-0.2, 0) is 12.7 Å². The van der Waals surface area contributed by atoms with Gasteiger partial charge in [0.1, 0.15) is 5.82 Å². The molecule has 0 aliphatic rings. The van der Waals surface area contributed by atoms with E-state index in [1.165, 1.54) is 18.3 Å². The number of alkyl halides is 3. The van der Waals surface area contributed by atoms with Crippen molar-refractivity contribution in [1.29, 1.82) is 0 Å². The number of aromatic nitrogens is 2. The number of rotatable bonds is 3. The molecule has 1 aromatic heterocycles. The van der Waals surface area contributed by atoms with Gasteiger partial charge in [-0.05, 0) is 23.8 Å². The summed E-state index contributed by atoms with van der Waals surface area (Å²) in [7, 11) is 0. The Bertz CT molecular complexity index is 552. The monoisotopic (exact) mass is 268 g/mol. The Hall–Kier alpha value is -2.31. The van der Waals surface area contributed by atoms with Gasteiger partial charge in [0, 0.05) is 12.7 Å². The van der Waals surface area contributed by atoms with Gasteiger partial charge in [0.05, 0.1) is 5.56 Å². The molecule has 3 N–H and O–H groups in total. The van der Waals surface area contributed by atoms with Crippen LogP contribution >= 0.6 is 0 Å². The highest BCUT2D eigenvalue weighted by Crippen LogP contribution is 2.29. The maximum absolute atomic E-state index is 12.4. The quantitative estimate of drug-likeness (QED) is 0.898. The van der Waals surface area contributed by atoms with Crippen LogP contribution in [0, 0.1) is 0 Å². The van der Waals surface area contributed by atoms with E-state index in [2.05, 4.69) is 15.3 Å². The largest absolute Gasteiger partial charge is 0.416 e. The molecule has 0 saturated heterocycles. The molecule has 4 nitrogen and oxygen atoms in total. The van der Waals surface area contributed by atoms with Gasteiger partial charge in [-0.3, -0.25) is 0 Å². The predicted octanol–water partition coefficient (Wildman–Crippen LogP) is 2.69. The van der Waals surface area contributed by atoms with Crippen molar-refractivity contribution in [2.75, 3.05) is 11.1 Å². The number of anilines is 2. The lowest BCUT2D eigenvalue weighted by molar-refractivity contribution is -0.137. The summed E-state index contributed by atoms with van der Waals surface area (Å²) in [6, 6.07) is 6.55. The number of halogens is 3. The number of nitrogens with one attached hydrogen (secondary N) is 1. The van der Waals surface area contributed by atoms with Gasteiger partial charge in [-0.1, -0.05) is 12.1 Å². The third-order valence-electron chi connectivity index (χ3n) is 2.43. The SMILES string of the molecule is Nc1nccc(NCc2ccc(C(F)(F)F)cc2)n1. The Kier molecular flexibility index (Phi) is 3.55. The molecule has 2 rings (SSSR count). The molecule has 0 aliphatic carbocycles. The molecule has 0 saturated carbocycles. The molecule has 0 radical (unpaired) electrons. The number of hydrogen-bond donors (Lipinski definition) is 2. The molecule has 0 spiro atoms. The first-order chi connectivity index (χ1) is 8.95. The number of hydrogen-bond acceptors (Lipinski definition) is 4. The summed E-state index contributed by atoms with van der Waals surface area (Å²) >= 11 is 0. The van der Waals surface area contributed by atoms with Gasteiger partial charge >= 0.3 is 6.18 Å². The topological polar surface area (TPSA) is 63.8 Å². The molecular formula is C12H11F3N4. The lowest BCUT2D eigenvalue weighted by atomic mass is 10.1. The molecule has 0 amide bonds. The number of nitrogens with two attached hydrogens (primary N) is 1. The average molecular weight is 268 g/mol. The standard InChI is InChI=1S/C12H11F3N4/c13-12(14,15)9-3-1-8(2-4-9)7-18-10-5-6-17-11(16)19-10/h1-6H,7H2,(H3,16,17,18,19). The van der Waals surface area contributed by atoms with E-state index in [1.54, 1.807) is 6.07 Å². The highest BCUT2D eigenvalue weighted by atomic mass is 19.4. The number of nitrogen functional groups attached to an aromatic ring is 1. The Morgan fingerprint density at radius 3 is 2.37 bits per heavy atom. The van der Waals surface area contributed by atoms with Gasteiger partial charge in [0.2, 0.25) is 5.95 Å². The van der Waals surface area contributed by atoms with Crippen molar-refractivity contribution in [3.63, 3.8) is 0 Å². The molecule has 0 aliphatic heterocycles. The van der Waals surface area contributed by atoms with E-state index in [0.29, 0.717) is 17.9 Å². The second-order valence-corrected chi connectivity index (χ2v) is 3.85. The van der Waals surface area contributed by atoms with Gasteiger partial charge in [-0.25, -0.2) is 4.98 Å². The van der Waals surface area contributed by atoms with E-state index in [4.69, 9.17) is 5.73 Å². The van der Waals surface area contributed by atoms with Crippen LogP contribution in [0.1, 0.15) is 11.1 Å². The van der Waals surface area contributed by atoms with Crippen LogP contribution in [0.15, 0.2) is 36.5 Å². The summed E-state index contributed by atoms with van der Waals surface area (Å²) in [4.78, 5) is 7.66. The summed E-state index contributed by atoms with van der Waals surface area (Å²) < 4.78 is 37.1. The first kappa shape index (κ1) is 13.1. The lowest BCUT2D eigenvalue weighted by Crippen LogP contribution is -2.06. The number of nitrogens with zero attached hydrogens (tertiary/aromatic N) is 2. The third-order valence-corrected chi connectivity index (χ3v) is 2.43. The van der Waals surface area contributed by atoms with Gasteiger partial charge in [-0.15, -0.1) is 0 Å². The zero-order chi connectivity index (χ0) is 13.9. The molecular weight excluding hydrogens is 257 g/mol. The Balaban J connectivity index is 2.01. The second kappa shape index (κ2) is 5.13. The average Bonchev–Trinajstić information content (AvgIpc) is 2.36. The molecule has 0 atom stereocenters. The first-order valence-electron chi connectivity index (χ1n) is 5.44. The van der Waals surface area contributed by atoms with Crippen molar-refractivity contribution in [3.05, 3.63) is 47.7 Å². The van der Waals surface area contributed by atoms with Crippen LogP contribution in [0.2, 0.25) is 0 Å². The van der Waals surface area contributed by atoms with E-state index in [0.717, 1.165) is 12.1 Å². The van der Waals surface area contributed by atoms with Crippen molar-refractivity contribution >= 4 is 11.8 Å². The van der Waals surface area contributed by atoms with Crippen LogP contribution in [0.5, 0.6) is 0 Å². The van der Waals surface area contributed by atoms with Crippen LogP contribution in [-0.4, -0.2) is 9.97 Å². The van der Waals surface area contributed by atoms with Crippen LogP contribution < -0.4 is 11.1 Å². The molecule has 1 aromatic carbocycles. The van der Waals surface area contributed by atoms with E-state index in [1.807, 2.05) is 0 Å². The Morgan fingerprint density at radius 2 is 1.79 bits per heavy atom. The normalized spacial score (nSPS) is 11.3. The molecule has 7 heteroatoms. The van der Waals surface area contributed by atoms with E-state index in [-0.39, 0.29) is 5.95 Å². The fourth-order valence-electron chi connectivity index (χ4n) is 1.48. The van der Waals surface area contributed by atoms with Crippen molar-refractivity contribution in [2.24, 2.45) is 0 Å². The van der Waals surface area contributed by atoms with Gasteiger partial charge in [-0.2, -0.15) is 18.2 Å². The molecule has 0 bridgehead atoms. The van der Waals surface area contributed by atoms with E-state index in [9.17, 15) is 13.2 Å². The Morgan fingerprint density at radius 1 is 1.11 bits per heavy atom. The highest BCUT2D eigenvalue weighted by Gasteiger charge is 2.29. The summed E-state index contributed by atoms with van der Waals surface area (Å²) in [5.41, 5.74) is 5.46. The van der Waals surface area contributed by atoms with E-state index >= 15 is 0 Å². The summed E-state index contributed by atoms with van der Waals surface area (Å²) in [5, 5.41) is 2.95. The lowest BCUT2D eigenvalue weighted by Gasteiger charge is -2.09. The highest BCUT2D eigenvalue weighted by molar-refractivity contribution is 5.38. The fraction of sp³-hybridized carbons (Fsp3) is 0.167. The molecule has 0 fully saturated rings. The zero-order valence-corrected chi connectivity index (χ0v) is 9.78. The minimum absolute atomic E-state index is 0.136. The molecule has 2 aromatic rings. The van der Waals surface area contributed by atoms with Crippen molar-refractivity contribution in [3.8, 4) is 0 Å². The summed E-state index contributed by atoms with van der Waals surface area (Å²) in [6.45, 7) is 0.356. The fourth-order valence-corrected chi connectivity index (χ4v) is 1.48. The van der Waals surface area contributed by atoms with Gasteiger partial charge < -0.3 is 11.1 Å². The molecule has 100 valence electrons. The maximum Gasteiger partial charge on any atom is 0.416 e. The molecule has 0 unspecified atom stereocenters. The third kappa shape index (κ3) is 3.57. The van der Waals surface area contributed by atoms with Crippen LogP contribution in [0.25, 0.3) is 0 Å². The van der Waals surface area contributed by atoms with Crippen LogP contribution in [0.3, 0.4) is 0 Å². The molecule has 1 heterocycles. The van der Waals surface area contributed by atoms with Gasteiger partial charge in [0.25, 0.3) is 0 Å². The first-order valence-corrected chi connectivity index (χ1v) is 5.44. The number of benzene rings is 1.